The van der Waals surface area contributed by atoms with E-state index >= 15 is 0 Å². The zero-order valence-electron chi connectivity index (χ0n) is 13.2. The summed E-state index contributed by atoms with van der Waals surface area (Å²) in [4.78, 5) is 2.08. The van der Waals surface area contributed by atoms with Gasteiger partial charge >= 0.3 is 0 Å². The second-order valence-corrected chi connectivity index (χ2v) is 5.69. The zero-order chi connectivity index (χ0) is 15.4. The Morgan fingerprint density at radius 1 is 1.10 bits per heavy atom. The summed E-state index contributed by atoms with van der Waals surface area (Å²) in [6.45, 7) is 7.26. The van der Waals surface area contributed by atoms with Gasteiger partial charge in [-0.15, -0.1) is 0 Å². The van der Waals surface area contributed by atoms with Crippen molar-refractivity contribution in [3.05, 3.63) is 59.4 Å². The Labute approximate surface area is 126 Å². The average molecular weight is 286 g/mol. The van der Waals surface area contributed by atoms with Crippen LogP contribution in [0.2, 0.25) is 0 Å². The van der Waals surface area contributed by atoms with Gasteiger partial charge in [-0.05, 0) is 48.4 Å². The Balaban J connectivity index is 2.18. The van der Waals surface area contributed by atoms with Gasteiger partial charge in [0.1, 0.15) is 5.82 Å². The third kappa shape index (κ3) is 4.05. The molecular formula is C18H23FN2. The van der Waals surface area contributed by atoms with Crippen molar-refractivity contribution in [1.82, 2.24) is 5.32 Å². The fourth-order valence-corrected chi connectivity index (χ4v) is 2.33. The molecule has 0 heterocycles. The fourth-order valence-electron chi connectivity index (χ4n) is 2.33. The summed E-state index contributed by atoms with van der Waals surface area (Å²) in [5, 5.41) is 3.42. The van der Waals surface area contributed by atoms with Crippen LogP contribution >= 0.6 is 0 Å². The molecule has 3 heteroatoms. The maximum absolute atomic E-state index is 13.0. The smallest absolute Gasteiger partial charge is 0.123 e. The van der Waals surface area contributed by atoms with Crippen LogP contribution in [0.25, 0.3) is 0 Å². The van der Waals surface area contributed by atoms with Crippen LogP contribution in [0, 0.1) is 12.7 Å². The van der Waals surface area contributed by atoms with Crippen LogP contribution in [-0.4, -0.2) is 13.1 Å². The molecule has 0 saturated heterocycles. The van der Waals surface area contributed by atoms with E-state index in [0.717, 1.165) is 17.9 Å². The number of halogens is 1. The van der Waals surface area contributed by atoms with Gasteiger partial charge in [-0.2, -0.15) is 0 Å². The minimum absolute atomic E-state index is 0.209. The summed E-state index contributed by atoms with van der Waals surface area (Å²) in [6, 6.07) is 13.5. The number of hydrogen-bond donors (Lipinski definition) is 1. The molecule has 0 fully saturated rings. The number of aryl methyl sites for hydroxylation is 1. The predicted octanol–water partition coefficient (Wildman–Crippen LogP) is 4.40. The van der Waals surface area contributed by atoms with E-state index in [1.807, 2.05) is 7.05 Å². The molecule has 2 aromatic carbocycles. The van der Waals surface area contributed by atoms with E-state index in [1.165, 1.54) is 23.3 Å². The van der Waals surface area contributed by atoms with Gasteiger partial charge in [0.05, 0.1) is 0 Å². The van der Waals surface area contributed by atoms with Crippen LogP contribution < -0.4 is 10.2 Å². The Morgan fingerprint density at radius 3 is 2.33 bits per heavy atom. The lowest BCUT2D eigenvalue weighted by molar-refractivity contribution is 0.588. The minimum atomic E-state index is -0.209. The van der Waals surface area contributed by atoms with Crippen LogP contribution in [-0.2, 0) is 6.54 Å². The summed E-state index contributed by atoms with van der Waals surface area (Å²) in [5.41, 5.74) is 4.60. The van der Waals surface area contributed by atoms with Crippen molar-refractivity contribution in [2.75, 3.05) is 11.9 Å². The van der Waals surface area contributed by atoms with Gasteiger partial charge in [0, 0.05) is 31.0 Å². The van der Waals surface area contributed by atoms with Crippen LogP contribution in [0.1, 0.15) is 25.0 Å². The molecule has 0 aliphatic heterocycles. The molecule has 2 aromatic rings. The largest absolute Gasteiger partial charge is 0.344 e. The van der Waals surface area contributed by atoms with Crippen molar-refractivity contribution < 1.29 is 4.39 Å². The van der Waals surface area contributed by atoms with Crippen LogP contribution in [0.5, 0.6) is 0 Å². The quantitative estimate of drug-likeness (QED) is 0.876. The van der Waals surface area contributed by atoms with Crippen molar-refractivity contribution in [2.45, 2.75) is 33.4 Å². The van der Waals surface area contributed by atoms with E-state index in [-0.39, 0.29) is 5.82 Å². The molecule has 2 nitrogen and oxygen atoms in total. The summed E-state index contributed by atoms with van der Waals surface area (Å²) in [5.74, 6) is -0.209. The number of nitrogens with one attached hydrogen (secondary N) is 1. The number of hydrogen-bond acceptors (Lipinski definition) is 2. The molecular weight excluding hydrogens is 263 g/mol. The van der Waals surface area contributed by atoms with Crippen molar-refractivity contribution in [3.8, 4) is 0 Å². The fraction of sp³-hybridized carbons (Fsp3) is 0.333. The van der Waals surface area contributed by atoms with E-state index in [4.69, 9.17) is 0 Å². The minimum Gasteiger partial charge on any atom is -0.344 e. The van der Waals surface area contributed by atoms with Gasteiger partial charge in [0.2, 0.25) is 0 Å². The number of anilines is 2. The molecule has 0 bridgehead atoms. The highest BCUT2D eigenvalue weighted by Crippen LogP contribution is 2.27. The van der Waals surface area contributed by atoms with E-state index in [1.54, 1.807) is 12.1 Å². The highest BCUT2D eigenvalue weighted by molar-refractivity contribution is 5.65. The van der Waals surface area contributed by atoms with Gasteiger partial charge in [-0.3, -0.25) is 0 Å². The van der Waals surface area contributed by atoms with E-state index in [2.05, 4.69) is 49.2 Å². The average Bonchev–Trinajstić information content (AvgIpc) is 2.45. The highest BCUT2D eigenvalue weighted by atomic mass is 19.1. The predicted molar refractivity (Wildman–Crippen MR) is 87.6 cm³/mol. The lowest BCUT2D eigenvalue weighted by Crippen LogP contribution is -2.22. The van der Waals surface area contributed by atoms with Gasteiger partial charge in [-0.25, -0.2) is 4.39 Å². The molecule has 0 aliphatic rings. The van der Waals surface area contributed by atoms with Crippen molar-refractivity contribution in [2.24, 2.45) is 0 Å². The molecule has 0 amide bonds. The topological polar surface area (TPSA) is 15.3 Å². The molecule has 0 saturated carbocycles. The Bertz CT molecular complexity index is 591. The first kappa shape index (κ1) is 15.5. The van der Waals surface area contributed by atoms with E-state index in [9.17, 15) is 4.39 Å². The van der Waals surface area contributed by atoms with E-state index in [0.29, 0.717) is 6.04 Å². The standard InChI is InChI=1S/C18H23FN2/c1-13(2)20-12-15-5-10-18(14(3)11-15)21(4)17-8-6-16(19)7-9-17/h5-11,13,20H,12H2,1-4H3. The molecule has 0 aliphatic carbocycles. The van der Waals surface area contributed by atoms with Gasteiger partial charge in [0.15, 0.2) is 0 Å². The highest BCUT2D eigenvalue weighted by Gasteiger charge is 2.08. The van der Waals surface area contributed by atoms with Crippen LogP contribution in [0.3, 0.4) is 0 Å². The molecule has 0 atom stereocenters. The van der Waals surface area contributed by atoms with Crippen molar-refractivity contribution in [3.63, 3.8) is 0 Å². The third-order valence-electron chi connectivity index (χ3n) is 3.55. The Morgan fingerprint density at radius 2 is 1.76 bits per heavy atom. The maximum Gasteiger partial charge on any atom is 0.123 e. The second-order valence-electron chi connectivity index (χ2n) is 5.69. The third-order valence-corrected chi connectivity index (χ3v) is 3.55. The summed E-state index contributed by atoms with van der Waals surface area (Å²) < 4.78 is 13.0. The molecule has 2 rings (SSSR count). The molecule has 0 unspecified atom stereocenters. The second kappa shape index (κ2) is 6.72. The molecule has 112 valence electrons. The van der Waals surface area contributed by atoms with Crippen LogP contribution in [0.15, 0.2) is 42.5 Å². The van der Waals surface area contributed by atoms with Crippen LogP contribution in [0.4, 0.5) is 15.8 Å². The Hall–Kier alpha value is -1.87. The normalized spacial score (nSPS) is 11.0. The first-order valence-corrected chi connectivity index (χ1v) is 7.29. The van der Waals surface area contributed by atoms with Gasteiger partial charge in [-0.1, -0.05) is 26.0 Å². The molecule has 0 aromatic heterocycles. The monoisotopic (exact) mass is 286 g/mol. The maximum atomic E-state index is 13.0. The number of nitrogens with zero attached hydrogens (tertiary/aromatic N) is 1. The summed E-state index contributed by atoms with van der Waals surface area (Å²) in [7, 11) is 2.00. The molecule has 0 spiro atoms. The van der Waals surface area contributed by atoms with Crippen molar-refractivity contribution in [1.29, 1.82) is 0 Å². The lowest BCUT2D eigenvalue weighted by Gasteiger charge is -2.22. The first-order valence-electron chi connectivity index (χ1n) is 7.29. The molecule has 1 N–H and O–H groups in total. The SMILES string of the molecule is Cc1cc(CNC(C)C)ccc1N(C)c1ccc(F)cc1. The molecule has 21 heavy (non-hydrogen) atoms. The van der Waals surface area contributed by atoms with E-state index < -0.39 is 0 Å². The summed E-state index contributed by atoms with van der Waals surface area (Å²) in [6.07, 6.45) is 0. The first-order chi connectivity index (χ1) is 9.97. The van der Waals surface area contributed by atoms with Crippen molar-refractivity contribution >= 4 is 11.4 Å². The van der Waals surface area contributed by atoms with Gasteiger partial charge in [0.25, 0.3) is 0 Å². The zero-order valence-corrected chi connectivity index (χ0v) is 13.2. The number of rotatable bonds is 5. The Kier molecular flexibility index (Phi) is 4.97. The molecule has 0 radical (unpaired) electrons. The van der Waals surface area contributed by atoms with Gasteiger partial charge < -0.3 is 10.2 Å². The summed E-state index contributed by atoms with van der Waals surface area (Å²) >= 11 is 0. The number of benzene rings is 2. The lowest BCUT2D eigenvalue weighted by atomic mass is 10.1.